The molecular weight excluding hydrogens is 286 g/mol. The predicted octanol–water partition coefficient (Wildman–Crippen LogP) is -0.247. The first-order chi connectivity index (χ1) is 10.5. The van der Waals surface area contributed by atoms with Gasteiger partial charge in [0.05, 0.1) is 13.2 Å². The van der Waals surface area contributed by atoms with Gasteiger partial charge in [0.2, 0.25) is 11.8 Å². The summed E-state index contributed by atoms with van der Waals surface area (Å²) in [5.74, 6) is -0.0104. The molecule has 0 aromatic carbocycles. The Balaban J connectivity index is 1.79. The minimum Gasteiger partial charge on any atom is -0.362 e. The Morgan fingerprint density at radius 2 is 2.14 bits per heavy atom. The van der Waals surface area contributed by atoms with Crippen molar-refractivity contribution in [2.24, 2.45) is 0 Å². The first-order valence-corrected chi connectivity index (χ1v) is 7.88. The van der Waals surface area contributed by atoms with Gasteiger partial charge in [-0.05, 0) is 19.8 Å². The molecule has 3 amide bonds. The number of hydrogen-bond acceptors (Lipinski definition) is 4. The van der Waals surface area contributed by atoms with Gasteiger partial charge < -0.3 is 19.9 Å². The molecule has 0 bridgehead atoms. The SMILES string of the molecule is CNC(=O)[C@@]1(C)CN(C(=O)CCCN2CCCC2=O)CCO1. The molecule has 22 heavy (non-hydrogen) atoms. The van der Waals surface area contributed by atoms with Crippen molar-refractivity contribution in [1.82, 2.24) is 15.1 Å². The van der Waals surface area contributed by atoms with Gasteiger partial charge in [0.1, 0.15) is 0 Å². The molecule has 2 rings (SSSR count). The Morgan fingerprint density at radius 3 is 2.77 bits per heavy atom. The first kappa shape index (κ1) is 16.7. The number of likely N-dealkylation sites (tertiary alicyclic amines) is 1. The van der Waals surface area contributed by atoms with E-state index in [0.29, 0.717) is 39.0 Å². The normalized spacial score (nSPS) is 25.5. The zero-order chi connectivity index (χ0) is 16.2. The number of rotatable bonds is 5. The van der Waals surface area contributed by atoms with Gasteiger partial charge in [-0.3, -0.25) is 14.4 Å². The largest absolute Gasteiger partial charge is 0.362 e. The lowest BCUT2D eigenvalue weighted by Crippen LogP contribution is -2.58. The molecule has 0 aliphatic carbocycles. The lowest BCUT2D eigenvalue weighted by atomic mass is 10.0. The minimum atomic E-state index is -0.979. The summed E-state index contributed by atoms with van der Waals surface area (Å²) in [6.07, 6.45) is 2.61. The van der Waals surface area contributed by atoms with Gasteiger partial charge in [0, 0.05) is 39.5 Å². The van der Waals surface area contributed by atoms with E-state index in [-0.39, 0.29) is 24.3 Å². The molecule has 1 N–H and O–H groups in total. The lowest BCUT2D eigenvalue weighted by Gasteiger charge is -2.39. The van der Waals surface area contributed by atoms with Crippen molar-refractivity contribution in [3.05, 3.63) is 0 Å². The summed E-state index contributed by atoms with van der Waals surface area (Å²) in [4.78, 5) is 39.2. The molecule has 2 fully saturated rings. The van der Waals surface area contributed by atoms with Crippen LogP contribution in [0.5, 0.6) is 0 Å². The molecule has 2 aliphatic heterocycles. The zero-order valence-corrected chi connectivity index (χ0v) is 13.4. The lowest BCUT2D eigenvalue weighted by molar-refractivity contribution is -0.162. The minimum absolute atomic E-state index is 0.0186. The van der Waals surface area contributed by atoms with Crippen LogP contribution >= 0.6 is 0 Å². The Morgan fingerprint density at radius 1 is 1.36 bits per heavy atom. The van der Waals surface area contributed by atoms with E-state index in [0.717, 1.165) is 13.0 Å². The van der Waals surface area contributed by atoms with Crippen molar-refractivity contribution < 1.29 is 19.1 Å². The average molecular weight is 311 g/mol. The van der Waals surface area contributed by atoms with E-state index in [1.165, 1.54) is 0 Å². The molecule has 1 atom stereocenters. The van der Waals surface area contributed by atoms with Gasteiger partial charge in [-0.2, -0.15) is 0 Å². The third-order valence-corrected chi connectivity index (χ3v) is 4.32. The van der Waals surface area contributed by atoms with E-state index in [9.17, 15) is 14.4 Å². The first-order valence-electron chi connectivity index (χ1n) is 7.88. The number of nitrogens with zero attached hydrogens (tertiary/aromatic N) is 2. The number of nitrogens with one attached hydrogen (secondary N) is 1. The van der Waals surface area contributed by atoms with Crippen LogP contribution in [0.1, 0.15) is 32.6 Å². The topological polar surface area (TPSA) is 79.0 Å². The quantitative estimate of drug-likeness (QED) is 0.759. The fourth-order valence-electron chi connectivity index (χ4n) is 3.00. The van der Waals surface area contributed by atoms with E-state index in [4.69, 9.17) is 4.74 Å². The molecule has 124 valence electrons. The van der Waals surface area contributed by atoms with Crippen LogP contribution in [0.15, 0.2) is 0 Å². The van der Waals surface area contributed by atoms with Crippen LogP contribution in [0.2, 0.25) is 0 Å². The van der Waals surface area contributed by atoms with Crippen LogP contribution in [-0.4, -0.2) is 73.0 Å². The fraction of sp³-hybridized carbons (Fsp3) is 0.800. The van der Waals surface area contributed by atoms with E-state index < -0.39 is 5.60 Å². The van der Waals surface area contributed by atoms with Crippen molar-refractivity contribution in [3.63, 3.8) is 0 Å². The Bertz CT molecular complexity index is 454. The van der Waals surface area contributed by atoms with Crippen molar-refractivity contribution in [3.8, 4) is 0 Å². The maximum atomic E-state index is 12.3. The second-order valence-corrected chi connectivity index (χ2v) is 6.06. The van der Waals surface area contributed by atoms with E-state index in [1.54, 1.807) is 18.9 Å². The highest BCUT2D eigenvalue weighted by Crippen LogP contribution is 2.19. The average Bonchev–Trinajstić information content (AvgIpc) is 2.91. The molecule has 0 unspecified atom stereocenters. The molecule has 0 radical (unpaired) electrons. The molecule has 0 aromatic rings. The number of carbonyl (C=O) groups excluding carboxylic acids is 3. The van der Waals surface area contributed by atoms with Gasteiger partial charge in [-0.1, -0.05) is 0 Å². The van der Waals surface area contributed by atoms with E-state index in [1.807, 2.05) is 4.90 Å². The second-order valence-electron chi connectivity index (χ2n) is 6.06. The summed E-state index contributed by atoms with van der Waals surface area (Å²) in [6.45, 7) is 4.29. The van der Waals surface area contributed by atoms with Crippen molar-refractivity contribution >= 4 is 17.7 Å². The van der Waals surface area contributed by atoms with Crippen molar-refractivity contribution in [2.75, 3.05) is 39.8 Å². The van der Waals surface area contributed by atoms with Crippen molar-refractivity contribution in [2.45, 2.75) is 38.2 Å². The Labute approximate surface area is 131 Å². The van der Waals surface area contributed by atoms with Gasteiger partial charge in [0.25, 0.3) is 5.91 Å². The molecule has 7 heteroatoms. The number of likely N-dealkylation sites (N-methyl/N-ethyl adjacent to an activating group) is 1. The van der Waals surface area contributed by atoms with Crippen LogP contribution in [0.25, 0.3) is 0 Å². The fourth-order valence-corrected chi connectivity index (χ4v) is 3.00. The number of morpholine rings is 1. The number of amides is 3. The van der Waals surface area contributed by atoms with Crippen LogP contribution in [-0.2, 0) is 19.1 Å². The number of hydrogen-bond donors (Lipinski definition) is 1. The maximum absolute atomic E-state index is 12.3. The molecule has 7 nitrogen and oxygen atoms in total. The Kier molecular flexibility index (Phi) is 5.39. The molecule has 0 aromatic heterocycles. The summed E-state index contributed by atoms with van der Waals surface area (Å²) in [5.41, 5.74) is -0.979. The summed E-state index contributed by atoms with van der Waals surface area (Å²) in [5, 5.41) is 2.57. The summed E-state index contributed by atoms with van der Waals surface area (Å²) in [7, 11) is 1.56. The highest BCUT2D eigenvalue weighted by molar-refractivity contribution is 5.86. The molecular formula is C15H25N3O4. The molecule has 2 aliphatic rings. The van der Waals surface area contributed by atoms with E-state index in [2.05, 4.69) is 5.32 Å². The Hall–Kier alpha value is -1.63. The number of ether oxygens (including phenoxy) is 1. The molecule has 0 saturated carbocycles. The highest BCUT2D eigenvalue weighted by Gasteiger charge is 2.40. The zero-order valence-electron chi connectivity index (χ0n) is 13.4. The van der Waals surface area contributed by atoms with Crippen LogP contribution in [0.4, 0.5) is 0 Å². The molecule has 2 heterocycles. The van der Waals surface area contributed by atoms with Crippen LogP contribution in [0, 0.1) is 0 Å². The smallest absolute Gasteiger partial charge is 0.253 e. The molecule has 2 saturated heterocycles. The third kappa shape index (κ3) is 3.76. The van der Waals surface area contributed by atoms with E-state index >= 15 is 0 Å². The van der Waals surface area contributed by atoms with Gasteiger partial charge in [-0.15, -0.1) is 0 Å². The van der Waals surface area contributed by atoms with Gasteiger partial charge >= 0.3 is 0 Å². The van der Waals surface area contributed by atoms with Crippen LogP contribution in [0.3, 0.4) is 0 Å². The van der Waals surface area contributed by atoms with Gasteiger partial charge in [0.15, 0.2) is 5.60 Å². The van der Waals surface area contributed by atoms with Crippen LogP contribution < -0.4 is 5.32 Å². The van der Waals surface area contributed by atoms with Crippen molar-refractivity contribution in [1.29, 1.82) is 0 Å². The third-order valence-electron chi connectivity index (χ3n) is 4.32. The standard InChI is InChI=1S/C15H25N3O4/c1-15(14(21)16-2)11-18(9-10-22-15)13(20)6-4-8-17-7-3-5-12(17)19/h3-11H2,1-2H3,(H,16,21)/t15-/m1/s1. The van der Waals surface area contributed by atoms with Gasteiger partial charge in [-0.25, -0.2) is 0 Å². The summed E-state index contributed by atoms with van der Waals surface area (Å²) in [6, 6.07) is 0. The summed E-state index contributed by atoms with van der Waals surface area (Å²) >= 11 is 0. The molecule has 0 spiro atoms. The number of carbonyl (C=O) groups is 3. The second kappa shape index (κ2) is 7.09. The maximum Gasteiger partial charge on any atom is 0.253 e. The monoisotopic (exact) mass is 311 g/mol. The highest BCUT2D eigenvalue weighted by atomic mass is 16.5. The predicted molar refractivity (Wildman–Crippen MR) is 80.1 cm³/mol. The summed E-state index contributed by atoms with van der Waals surface area (Å²) < 4.78 is 5.54.